The van der Waals surface area contributed by atoms with E-state index in [-0.39, 0.29) is 42.3 Å². The molecule has 0 aromatic heterocycles. The zero-order valence-corrected chi connectivity index (χ0v) is 20.7. The standard InChI is InChI=1S/C24H38N3O3P/c1-16(2)25-20-14-10-11-15-21(20)26(17(3)4)31(25,29)27-22(19-12-8-7-9-13-19)23(27)24(28)30-18(5)6/h7-9,12-13,16-18,20-23H,10-11,14-15H2,1-6H3/t20-,21-,22+,23+,27?/m1/s1. The summed E-state index contributed by atoms with van der Waals surface area (Å²) in [6, 6.07) is 10.1. The van der Waals surface area contributed by atoms with E-state index in [0.29, 0.717) is 0 Å². The molecule has 1 unspecified atom stereocenters. The van der Waals surface area contributed by atoms with Crippen molar-refractivity contribution in [2.45, 2.75) is 110 Å². The van der Waals surface area contributed by atoms with Crippen LogP contribution in [-0.4, -0.2) is 56.3 Å². The van der Waals surface area contributed by atoms with E-state index in [0.717, 1.165) is 18.4 Å². The van der Waals surface area contributed by atoms with Crippen molar-refractivity contribution >= 4 is 13.6 Å². The van der Waals surface area contributed by atoms with Gasteiger partial charge in [-0.05, 0) is 59.9 Å². The lowest BCUT2D eigenvalue weighted by Crippen LogP contribution is -2.43. The molecule has 2 saturated heterocycles. The van der Waals surface area contributed by atoms with E-state index >= 15 is 4.57 Å². The molecule has 172 valence electrons. The van der Waals surface area contributed by atoms with Crippen LogP contribution in [0.4, 0.5) is 0 Å². The normalized spacial score (nSPS) is 33.1. The Bertz CT molecular complexity index is 816. The Morgan fingerprint density at radius 3 is 1.90 bits per heavy atom. The van der Waals surface area contributed by atoms with Crippen LogP contribution < -0.4 is 0 Å². The molecule has 0 N–H and O–H groups in total. The number of benzene rings is 1. The molecule has 1 aromatic carbocycles. The van der Waals surface area contributed by atoms with Crippen molar-refractivity contribution in [3.05, 3.63) is 35.9 Å². The first-order valence-corrected chi connectivity index (χ1v) is 13.5. The zero-order chi connectivity index (χ0) is 22.5. The van der Waals surface area contributed by atoms with Gasteiger partial charge in [-0.3, -0.25) is 9.36 Å². The maximum absolute atomic E-state index is 15.2. The molecular formula is C24H38N3O3P. The lowest BCUT2D eigenvalue weighted by molar-refractivity contribution is -0.147. The predicted octanol–water partition coefficient (Wildman–Crippen LogP) is 5.22. The van der Waals surface area contributed by atoms with Crippen LogP contribution in [0, 0.1) is 0 Å². The van der Waals surface area contributed by atoms with Crippen molar-refractivity contribution in [1.82, 2.24) is 14.0 Å². The number of carbonyl (C=O) groups is 1. The van der Waals surface area contributed by atoms with E-state index in [4.69, 9.17) is 4.74 Å². The molecule has 3 fully saturated rings. The summed E-state index contributed by atoms with van der Waals surface area (Å²) in [6.45, 7) is 12.3. The first-order valence-electron chi connectivity index (χ1n) is 11.9. The molecule has 4 rings (SSSR count). The highest BCUT2D eigenvalue weighted by atomic mass is 31.2. The van der Waals surface area contributed by atoms with Gasteiger partial charge in [-0.2, -0.15) is 0 Å². The van der Waals surface area contributed by atoms with Gasteiger partial charge < -0.3 is 4.74 Å². The van der Waals surface area contributed by atoms with Gasteiger partial charge in [0.15, 0.2) is 0 Å². The number of hydrogen-bond acceptors (Lipinski definition) is 3. The molecule has 6 nitrogen and oxygen atoms in total. The molecule has 1 aliphatic carbocycles. The van der Waals surface area contributed by atoms with Gasteiger partial charge in [-0.1, -0.05) is 43.2 Å². The van der Waals surface area contributed by atoms with Crippen molar-refractivity contribution in [2.75, 3.05) is 0 Å². The number of fused-ring (bicyclic) bond motifs is 1. The topological polar surface area (TPSA) is 52.9 Å². The van der Waals surface area contributed by atoms with E-state index in [1.807, 2.05) is 48.8 Å². The first kappa shape index (κ1) is 23.0. The Labute approximate surface area is 187 Å². The molecule has 5 atom stereocenters. The van der Waals surface area contributed by atoms with Crippen LogP contribution in [-0.2, 0) is 14.1 Å². The second-order valence-corrected chi connectivity index (χ2v) is 12.5. The number of ether oxygens (including phenoxy) is 1. The summed E-state index contributed by atoms with van der Waals surface area (Å²) < 4.78 is 27.4. The number of hydrogen-bond donors (Lipinski definition) is 0. The summed E-state index contributed by atoms with van der Waals surface area (Å²) in [5, 5.41) is 0. The van der Waals surface area contributed by atoms with Crippen molar-refractivity contribution in [3.63, 3.8) is 0 Å². The Kier molecular flexibility index (Phi) is 6.39. The van der Waals surface area contributed by atoms with E-state index in [1.165, 1.54) is 12.8 Å². The summed E-state index contributed by atoms with van der Waals surface area (Å²) in [4.78, 5) is 13.2. The minimum Gasteiger partial charge on any atom is -0.462 e. The fraction of sp³-hybridized carbons (Fsp3) is 0.708. The third-order valence-corrected chi connectivity index (χ3v) is 10.7. The van der Waals surface area contributed by atoms with E-state index in [1.54, 1.807) is 0 Å². The molecule has 3 aliphatic rings. The molecule has 1 saturated carbocycles. The Morgan fingerprint density at radius 1 is 0.935 bits per heavy atom. The highest BCUT2D eigenvalue weighted by molar-refractivity contribution is 7.57. The second kappa shape index (κ2) is 8.62. The van der Waals surface area contributed by atoms with Crippen molar-refractivity contribution < 1.29 is 14.1 Å². The van der Waals surface area contributed by atoms with Crippen molar-refractivity contribution in [2.24, 2.45) is 0 Å². The summed E-state index contributed by atoms with van der Waals surface area (Å²) >= 11 is 0. The number of nitrogens with zero attached hydrogens (tertiary/aromatic N) is 3. The number of carbonyl (C=O) groups excluding carboxylic acids is 1. The molecule has 0 radical (unpaired) electrons. The summed E-state index contributed by atoms with van der Waals surface area (Å²) in [5.41, 5.74) is 1.03. The highest BCUT2D eigenvalue weighted by Crippen LogP contribution is 2.75. The number of rotatable bonds is 6. The van der Waals surface area contributed by atoms with Gasteiger partial charge in [0.2, 0.25) is 0 Å². The molecule has 0 amide bonds. The lowest BCUT2D eigenvalue weighted by atomic mass is 9.89. The Hall–Kier alpha value is -1.20. The highest BCUT2D eigenvalue weighted by Gasteiger charge is 2.71. The third-order valence-electron chi connectivity index (χ3n) is 6.85. The molecule has 0 spiro atoms. The fourth-order valence-electron chi connectivity index (χ4n) is 5.89. The lowest BCUT2D eigenvalue weighted by Gasteiger charge is -2.37. The van der Waals surface area contributed by atoms with Crippen LogP contribution in [0.5, 0.6) is 0 Å². The monoisotopic (exact) mass is 447 g/mol. The van der Waals surface area contributed by atoms with Crippen LogP contribution in [0.1, 0.15) is 78.8 Å². The average Bonchev–Trinajstić information content (AvgIpc) is 3.40. The van der Waals surface area contributed by atoms with Crippen molar-refractivity contribution in [3.8, 4) is 0 Å². The molecule has 2 aliphatic heterocycles. The predicted molar refractivity (Wildman–Crippen MR) is 124 cm³/mol. The van der Waals surface area contributed by atoms with Gasteiger partial charge in [0, 0.05) is 24.2 Å². The molecule has 1 aromatic rings. The maximum atomic E-state index is 15.2. The summed E-state index contributed by atoms with van der Waals surface area (Å²) in [7, 11) is -3.14. The first-order chi connectivity index (χ1) is 14.7. The van der Waals surface area contributed by atoms with Crippen LogP contribution in [0.15, 0.2) is 30.3 Å². The Balaban J connectivity index is 1.80. The fourth-order valence-corrected chi connectivity index (χ4v) is 10.2. The minimum absolute atomic E-state index is 0.138. The van der Waals surface area contributed by atoms with Crippen LogP contribution in [0.3, 0.4) is 0 Å². The molecule has 0 bridgehead atoms. The SMILES string of the molecule is CC(C)OC(=O)[C@@H]1[C@H](c2ccccc2)N1P1(=O)N(C(C)C)[C@@H]2CCCC[C@H]2N1C(C)C. The van der Waals surface area contributed by atoms with Gasteiger partial charge in [-0.15, -0.1) is 0 Å². The van der Waals surface area contributed by atoms with E-state index < -0.39 is 13.6 Å². The third kappa shape index (κ3) is 3.80. The largest absolute Gasteiger partial charge is 0.462 e. The molecule has 2 heterocycles. The number of esters is 1. The second-order valence-electron chi connectivity index (χ2n) is 10.0. The van der Waals surface area contributed by atoms with Gasteiger partial charge in [-0.25, -0.2) is 14.0 Å². The van der Waals surface area contributed by atoms with Crippen LogP contribution in [0.25, 0.3) is 0 Å². The van der Waals surface area contributed by atoms with Crippen LogP contribution in [0.2, 0.25) is 0 Å². The van der Waals surface area contributed by atoms with Gasteiger partial charge in [0.05, 0.1) is 12.1 Å². The Morgan fingerprint density at radius 2 is 1.45 bits per heavy atom. The smallest absolute Gasteiger partial charge is 0.326 e. The summed E-state index contributed by atoms with van der Waals surface area (Å²) in [5.74, 6) is -0.263. The van der Waals surface area contributed by atoms with E-state index in [9.17, 15) is 4.79 Å². The quantitative estimate of drug-likeness (QED) is 0.339. The molecule has 7 heteroatoms. The molecule has 31 heavy (non-hydrogen) atoms. The maximum Gasteiger partial charge on any atom is 0.326 e. The van der Waals surface area contributed by atoms with Gasteiger partial charge >= 0.3 is 5.97 Å². The van der Waals surface area contributed by atoms with E-state index in [2.05, 4.69) is 37.0 Å². The van der Waals surface area contributed by atoms with Crippen LogP contribution >= 0.6 is 7.59 Å². The molecular weight excluding hydrogens is 409 g/mol. The average molecular weight is 448 g/mol. The van der Waals surface area contributed by atoms with Gasteiger partial charge in [0.25, 0.3) is 7.59 Å². The minimum atomic E-state index is -3.14. The summed E-state index contributed by atoms with van der Waals surface area (Å²) in [6.07, 6.45) is 4.30. The van der Waals surface area contributed by atoms with Gasteiger partial charge in [0.1, 0.15) is 6.04 Å². The van der Waals surface area contributed by atoms with Crippen molar-refractivity contribution in [1.29, 1.82) is 0 Å². The zero-order valence-electron chi connectivity index (χ0n) is 19.8.